The molecule has 0 aliphatic rings. The number of anilines is 1. The third kappa shape index (κ3) is 6.07. The number of esters is 1. The molecule has 7 nitrogen and oxygen atoms in total. The molecule has 0 unspecified atom stereocenters. The van der Waals surface area contributed by atoms with Gasteiger partial charge in [0.25, 0.3) is 5.91 Å². The van der Waals surface area contributed by atoms with E-state index in [1.54, 1.807) is 30.3 Å². The number of hydrogen-bond donors (Lipinski definition) is 2. The molecule has 0 atom stereocenters. The molecule has 0 bridgehead atoms. The first-order valence-electron chi connectivity index (χ1n) is 9.01. The Morgan fingerprint density at radius 2 is 1.62 bits per heavy atom. The van der Waals surface area contributed by atoms with Crippen molar-refractivity contribution in [3.05, 3.63) is 89.9 Å². The first-order chi connectivity index (χ1) is 14.1. The summed E-state index contributed by atoms with van der Waals surface area (Å²) in [4.78, 5) is 36.5. The largest absolute Gasteiger partial charge is 0.467 e. The van der Waals surface area contributed by atoms with Crippen LogP contribution in [0.5, 0.6) is 0 Å². The fourth-order valence-corrected chi connectivity index (χ4v) is 2.60. The van der Waals surface area contributed by atoms with Gasteiger partial charge in [0.05, 0.1) is 30.5 Å². The molecule has 0 fully saturated rings. The molecule has 2 amide bonds. The SMILES string of the molecule is O=C(COC(=O)c1ccccc1NC(=O)Cc1ccccc1)NCc1ccco1. The van der Waals surface area contributed by atoms with E-state index in [9.17, 15) is 14.4 Å². The molecule has 0 radical (unpaired) electrons. The Balaban J connectivity index is 1.53. The quantitative estimate of drug-likeness (QED) is 0.575. The highest BCUT2D eigenvalue weighted by molar-refractivity contribution is 6.02. The van der Waals surface area contributed by atoms with Crippen LogP contribution in [0.25, 0.3) is 0 Å². The van der Waals surface area contributed by atoms with Gasteiger partial charge in [-0.2, -0.15) is 0 Å². The number of amides is 2. The van der Waals surface area contributed by atoms with E-state index in [4.69, 9.17) is 9.15 Å². The monoisotopic (exact) mass is 392 g/mol. The van der Waals surface area contributed by atoms with Crippen molar-refractivity contribution >= 4 is 23.5 Å². The summed E-state index contributed by atoms with van der Waals surface area (Å²) < 4.78 is 10.2. The molecule has 3 aromatic rings. The van der Waals surface area contributed by atoms with Gasteiger partial charge >= 0.3 is 5.97 Å². The van der Waals surface area contributed by atoms with Gasteiger partial charge in [0, 0.05) is 0 Å². The molecule has 0 aliphatic carbocycles. The zero-order valence-electron chi connectivity index (χ0n) is 15.6. The lowest BCUT2D eigenvalue weighted by Crippen LogP contribution is -2.28. The van der Waals surface area contributed by atoms with Crippen molar-refractivity contribution < 1.29 is 23.5 Å². The molecule has 3 rings (SSSR count). The van der Waals surface area contributed by atoms with E-state index in [-0.39, 0.29) is 24.4 Å². The van der Waals surface area contributed by atoms with E-state index >= 15 is 0 Å². The van der Waals surface area contributed by atoms with Crippen LogP contribution in [0.2, 0.25) is 0 Å². The zero-order valence-corrected chi connectivity index (χ0v) is 15.6. The molecule has 2 N–H and O–H groups in total. The third-order valence-electron chi connectivity index (χ3n) is 4.00. The molecule has 0 saturated heterocycles. The normalized spacial score (nSPS) is 10.2. The van der Waals surface area contributed by atoms with Crippen molar-refractivity contribution in [1.29, 1.82) is 0 Å². The number of furan rings is 1. The average Bonchev–Trinajstić information content (AvgIpc) is 3.25. The van der Waals surface area contributed by atoms with Crippen molar-refractivity contribution in [2.24, 2.45) is 0 Å². The first kappa shape index (κ1) is 19.9. The van der Waals surface area contributed by atoms with Gasteiger partial charge in [0.1, 0.15) is 5.76 Å². The topological polar surface area (TPSA) is 97.6 Å². The summed E-state index contributed by atoms with van der Waals surface area (Å²) in [6.45, 7) is -0.235. The van der Waals surface area contributed by atoms with Crippen LogP contribution in [0.4, 0.5) is 5.69 Å². The molecule has 1 heterocycles. The van der Waals surface area contributed by atoms with E-state index < -0.39 is 18.5 Å². The average molecular weight is 392 g/mol. The molecule has 0 spiro atoms. The lowest BCUT2D eigenvalue weighted by Gasteiger charge is -2.11. The molecule has 29 heavy (non-hydrogen) atoms. The van der Waals surface area contributed by atoms with Crippen molar-refractivity contribution in [2.75, 3.05) is 11.9 Å². The number of ether oxygens (including phenoxy) is 1. The second-order valence-electron chi connectivity index (χ2n) is 6.19. The molecule has 148 valence electrons. The summed E-state index contributed by atoms with van der Waals surface area (Å²) in [5.41, 5.74) is 1.36. The van der Waals surface area contributed by atoms with Crippen LogP contribution >= 0.6 is 0 Å². The van der Waals surface area contributed by atoms with Crippen LogP contribution in [0, 0.1) is 0 Å². The van der Waals surface area contributed by atoms with Crippen LogP contribution < -0.4 is 10.6 Å². The van der Waals surface area contributed by atoms with Gasteiger partial charge in [0.2, 0.25) is 5.91 Å². The summed E-state index contributed by atoms with van der Waals surface area (Å²) in [5.74, 6) is -0.821. The maximum absolute atomic E-state index is 12.4. The van der Waals surface area contributed by atoms with E-state index in [2.05, 4.69) is 10.6 Å². The Labute approximate surface area is 167 Å². The molecule has 7 heteroatoms. The van der Waals surface area contributed by atoms with E-state index in [1.807, 2.05) is 30.3 Å². The number of nitrogens with one attached hydrogen (secondary N) is 2. The highest BCUT2D eigenvalue weighted by Crippen LogP contribution is 2.17. The molecule has 0 aliphatic heterocycles. The van der Waals surface area contributed by atoms with E-state index in [1.165, 1.54) is 12.3 Å². The second-order valence-corrected chi connectivity index (χ2v) is 6.19. The van der Waals surface area contributed by atoms with Crippen molar-refractivity contribution in [3.63, 3.8) is 0 Å². The zero-order chi connectivity index (χ0) is 20.5. The Morgan fingerprint density at radius 3 is 2.38 bits per heavy atom. The molecule has 2 aromatic carbocycles. The highest BCUT2D eigenvalue weighted by Gasteiger charge is 2.16. The fourth-order valence-electron chi connectivity index (χ4n) is 2.60. The van der Waals surface area contributed by atoms with Crippen LogP contribution in [-0.4, -0.2) is 24.4 Å². The molecular weight excluding hydrogens is 372 g/mol. The first-order valence-corrected chi connectivity index (χ1v) is 9.01. The second kappa shape index (κ2) is 9.89. The number of benzene rings is 2. The fraction of sp³-hybridized carbons (Fsp3) is 0.136. The van der Waals surface area contributed by atoms with Crippen LogP contribution in [0.3, 0.4) is 0 Å². The highest BCUT2D eigenvalue weighted by atomic mass is 16.5. The predicted octanol–water partition coefficient (Wildman–Crippen LogP) is 2.93. The maximum atomic E-state index is 12.4. The minimum atomic E-state index is -0.700. The Hall–Kier alpha value is -3.87. The predicted molar refractivity (Wildman–Crippen MR) is 106 cm³/mol. The lowest BCUT2D eigenvalue weighted by molar-refractivity contribution is -0.124. The number of carbonyl (C=O) groups is 3. The molecule has 1 aromatic heterocycles. The smallest absolute Gasteiger partial charge is 0.340 e. The summed E-state index contributed by atoms with van der Waals surface area (Å²) in [6.07, 6.45) is 1.68. The van der Waals surface area contributed by atoms with E-state index in [0.717, 1.165) is 5.56 Å². The Kier molecular flexibility index (Phi) is 6.78. The number of hydrogen-bond acceptors (Lipinski definition) is 5. The Bertz CT molecular complexity index is 968. The number of para-hydroxylation sites is 1. The maximum Gasteiger partial charge on any atom is 0.340 e. The van der Waals surface area contributed by atoms with Crippen molar-refractivity contribution in [3.8, 4) is 0 Å². The minimum absolute atomic E-state index is 0.174. The van der Waals surface area contributed by atoms with Crippen LogP contribution in [0.1, 0.15) is 21.7 Å². The van der Waals surface area contributed by atoms with Gasteiger partial charge < -0.3 is 19.8 Å². The van der Waals surface area contributed by atoms with Gasteiger partial charge in [-0.05, 0) is 29.8 Å². The van der Waals surface area contributed by atoms with Gasteiger partial charge in [-0.15, -0.1) is 0 Å². The minimum Gasteiger partial charge on any atom is -0.467 e. The Morgan fingerprint density at radius 1 is 0.862 bits per heavy atom. The summed E-state index contributed by atoms with van der Waals surface area (Å²) in [6, 6.07) is 19.2. The lowest BCUT2D eigenvalue weighted by atomic mass is 10.1. The van der Waals surface area contributed by atoms with Crippen LogP contribution in [-0.2, 0) is 27.3 Å². The number of rotatable bonds is 8. The van der Waals surface area contributed by atoms with E-state index in [0.29, 0.717) is 11.4 Å². The summed E-state index contributed by atoms with van der Waals surface area (Å²) in [5, 5.41) is 5.30. The van der Waals surface area contributed by atoms with Gasteiger partial charge in [-0.3, -0.25) is 9.59 Å². The summed E-state index contributed by atoms with van der Waals surface area (Å²) >= 11 is 0. The van der Waals surface area contributed by atoms with Crippen molar-refractivity contribution in [2.45, 2.75) is 13.0 Å². The van der Waals surface area contributed by atoms with Gasteiger partial charge in [-0.25, -0.2) is 4.79 Å². The number of carbonyl (C=O) groups excluding carboxylic acids is 3. The van der Waals surface area contributed by atoms with Crippen molar-refractivity contribution in [1.82, 2.24) is 5.32 Å². The molecular formula is C22H20N2O5. The third-order valence-corrected chi connectivity index (χ3v) is 4.00. The standard InChI is InChI=1S/C22H20N2O5/c25-20(13-16-7-2-1-3-8-16)24-19-11-5-4-10-18(19)22(27)29-15-21(26)23-14-17-9-6-12-28-17/h1-12H,13-15H2,(H,23,26)(H,24,25). The summed E-state index contributed by atoms with van der Waals surface area (Å²) in [7, 11) is 0. The van der Waals surface area contributed by atoms with Gasteiger partial charge in [-0.1, -0.05) is 42.5 Å². The molecule has 0 saturated carbocycles. The van der Waals surface area contributed by atoms with Crippen LogP contribution in [0.15, 0.2) is 77.4 Å². The van der Waals surface area contributed by atoms with Gasteiger partial charge in [0.15, 0.2) is 6.61 Å².